The Hall–Kier alpha value is -2.17. The molecular weight excluding hydrogens is 456 g/mol. The smallest absolute Gasteiger partial charge is 0.265 e. The zero-order valence-electron chi connectivity index (χ0n) is 20.7. The maximum Gasteiger partial charge on any atom is 0.265 e. The number of nitrogens with one attached hydrogen (secondary N) is 1. The molecule has 0 aliphatic carbocycles. The number of amides is 2. The quantitative estimate of drug-likeness (QED) is 0.499. The van der Waals surface area contributed by atoms with Crippen molar-refractivity contribution in [1.29, 1.82) is 0 Å². The number of hydrogen-bond donors (Lipinski definition) is 1. The molecule has 9 nitrogen and oxygen atoms in total. The number of benzene rings is 1. The van der Waals surface area contributed by atoms with Crippen molar-refractivity contribution in [3.8, 4) is 5.75 Å². The highest BCUT2D eigenvalue weighted by Gasteiger charge is 2.30. The molecule has 0 spiro atoms. The van der Waals surface area contributed by atoms with Crippen molar-refractivity contribution in [3.05, 3.63) is 18.2 Å². The second-order valence-corrected chi connectivity index (χ2v) is 11.3. The predicted molar refractivity (Wildman–Crippen MR) is 131 cm³/mol. The summed E-state index contributed by atoms with van der Waals surface area (Å²) in [5.41, 5.74) is 0.302. The molecule has 1 saturated heterocycles. The third kappa shape index (κ3) is 6.28. The molecule has 0 radical (unpaired) electrons. The third-order valence-electron chi connectivity index (χ3n) is 6.44. The minimum absolute atomic E-state index is 0.0728. The van der Waals surface area contributed by atoms with Crippen LogP contribution in [0.5, 0.6) is 5.75 Å². The van der Waals surface area contributed by atoms with Crippen LogP contribution in [0.3, 0.4) is 0 Å². The van der Waals surface area contributed by atoms with Crippen LogP contribution in [0.4, 0.5) is 5.69 Å². The van der Waals surface area contributed by atoms with Crippen LogP contribution in [0.1, 0.15) is 40.5 Å². The summed E-state index contributed by atoms with van der Waals surface area (Å²) in [7, 11) is -3.71. The molecular formula is C24H38N4O5S. The van der Waals surface area contributed by atoms with Gasteiger partial charge in [0.05, 0.1) is 10.6 Å². The fraction of sp³-hybridized carbons (Fsp3) is 0.667. The van der Waals surface area contributed by atoms with Gasteiger partial charge in [0.2, 0.25) is 15.9 Å². The lowest BCUT2D eigenvalue weighted by Gasteiger charge is -2.35. The first-order valence-corrected chi connectivity index (χ1v) is 13.7. The lowest BCUT2D eigenvalue weighted by atomic mass is 9.92. The summed E-state index contributed by atoms with van der Waals surface area (Å²) in [6.07, 6.45) is 2.10. The standard InChI is InChI=1S/C24H38N4O5S/c1-5-27(6-2)34(31,32)20-8-9-22-21(13-20)28(24(30)17-33-22)16-23(29)25-10-7-11-26-14-18(3)12-19(4)15-26/h8-9,13,18-19H,5-7,10-12,14-17H2,1-4H3,(H,25,29)/t18-,19-/m0/s1. The SMILES string of the molecule is CCN(CC)S(=O)(=O)c1ccc2c(c1)N(CC(=O)NCCCN1C[C@@H](C)C[C@H](C)C1)C(=O)CO2. The van der Waals surface area contributed by atoms with Gasteiger partial charge in [-0.2, -0.15) is 4.31 Å². The van der Waals surface area contributed by atoms with E-state index in [2.05, 4.69) is 24.1 Å². The van der Waals surface area contributed by atoms with Gasteiger partial charge in [0, 0.05) is 32.7 Å². The predicted octanol–water partition coefficient (Wildman–Crippen LogP) is 1.93. The number of likely N-dealkylation sites (tertiary alicyclic amines) is 1. The Morgan fingerprint density at radius 3 is 2.50 bits per heavy atom. The number of piperidine rings is 1. The largest absolute Gasteiger partial charge is 0.482 e. The number of nitrogens with zero attached hydrogens (tertiary/aromatic N) is 3. The zero-order chi connectivity index (χ0) is 24.9. The second-order valence-electron chi connectivity index (χ2n) is 9.40. The van der Waals surface area contributed by atoms with Gasteiger partial charge in [0.1, 0.15) is 12.3 Å². The van der Waals surface area contributed by atoms with Gasteiger partial charge in [0.15, 0.2) is 6.61 Å². The van der Waals surface area contributed by atoms with Crippen molar-refractivity contribution >= 4 is 27.5 Å². The van der Waals surface area contributed by atoms with E-state index >= 15 is 0 Å². The number of fused-ring (bicyclic) bond motifs is 1. The monoisotopic (exact) mass is 494 g/mol. The van der Waals surface area contributed by atoms with Gasteiger partial charge in [-0.25, -0.2) is 8.42 Å². The Kier molecular flexibility index (Phi) is 8.95. The van der Waals surface area contributed by atoms with Gasteiger partial charge in [0.25, 0.3) is 5.91 Å². The molecule has 2 aliphatic heterocycles. The highest BCUT2D eigenvalue weighted by atomic mass is 32.2. The van der Waals surface area contributed by atoms with Crippen LogP contribution in [0, 0.1) is 11.8 Å². The van der Waals surface area contributed by atoms with Crippen molar-refractivity contribution in [2.45, 2.75) is 45.4 Å². The molecule has 1 fully saturated rings. The summed E-state index contributed by atoms with van der Waals surface area (Å²) >= 11 is 0. The lowest BCUT2D eigenvalue weighted by molar-refractivity contribution is -0.125. The minimum Gasteiger partial charge on any atom is -0.482 e. The molecule has 2 atom stereocenters. The molecule has 0 unspecified atom stereocenters. The number of carbonyl (C=O) groups excluding carboxylic acids is 2. The first-order valence-electron chi connectivity index (χ1n) is 12.2. The summed E-state index contributed by atoms with van der Waals surface area (Å²) in [5, 5.41) is 2.90. The van der Waals surface area contributed by atoms with Crippen LogP contribution >= 0.6 is 0 Å². The molecule has 2 heterocycles. The number of sulfonamides is 1. The maximum absolute atomic E-state index is 12.9. The van der Waals surface area contributed by atoms with Crippen molar-refractivity contribution in [3.63, 3.8) is 0 Å². The van der Waals surface area contributed by atoms with Gasteiger partial charge < -0.3 is 15.0 Å². The molecule has 190 valence electrons. The zero-order valence-corrected chi connectivity index (χ0v) is 21.6. The summed E-state index contributed by atoms with van der Waals surface area (Å²) in [6.45, 7) is 12.1. The van der Waals surface area contributed by atoms with E-state index in [1.165, 1.54) is 27.8 Å². The molecule has 34 heavy (non-hydrogen) atoms. The summed E-state index contributed by atoms with van der Waals surface area (Å²) in [4.78, 5) is 29.0. The van der Waals surface area contributed by atoms with E-state index in [0.29, 0.717) is 42.9 Å². The molecule has 0 saturated carbocycles. The third-order valence-corrected chi connectivity index (χ3v) is 8.48. The van der Waals surface area contributed by atoms with Crippen molar-refractivity contribution in [2.75, 3.05) is 57.3 Å². The number of rotatable bonds is 10. The molecule has 0 bridgehead atoms. The molecule has 2 aliphatic rings. The molecule has 1 N–H and O–H groups in total. The van der Waals surface area contributed by atoms with E-state index in [0.717, 1.165) is 26.1 Å². The van der Waals surface area contributed by atoms with E-state index < -0.39 is 10.0 Å². The summed E-state index contributed by atoms with van der Waals surface area (Å²) < 4.78 is 32.7. The van der Waals surface area contributed by atoms with Gasteiger partial charge in [-0.05, 0) is 49.4 Å². The van der Waals surface area contributed by atoms with Crippen LogP contribution < -0.4 is 15.0 Å². The van der Waals surface area contributed by atoms with Crippen molar-refractivity contribution in [2.24, 2.45) is 11.8 Å². The van der Waals surface area contributed by atoms with E-state index in [1.807, 2.05) is 0 Å². The van der Waals surface area contributed by atoms with Gasteiger partial charge in [-0.3, -0.25) is 14.5 Å². The lowest BCUT2D eigenvalue weighted by Crippen LogP contribution is -2.46. The first kappa shape index (κ1) is 26.4. The van der Waals surface area contributed by atoms with Crippen molar-refractivity contribution in [1.82, 2.24) is 14.5 Å². The van der Waals surface area contributed by atoms with Crippen LogP contribution in [0.25, 0.3) is 0 Å². The van der Waals surface area contributed by atoms with E-state index in [4.69, 9.17) is 4.74 Å². The van der Waals surface area contributed by atoms with E-state index in [9.17, 15) is 18.0 Å². The van der Waals surface area contributed by atoms with E-state index in [-0.39, 0.29) is 29.9 Å². The Bertz CT molecular complexity index is 970. The molecule has 0 aromatic heterocycles. The summed E-state index contributed by atoms with van der Waals surface area (Å²) in [6, 6.07) is 4.44. The summed E-state index contributed by atoms with van der Waals surface area (Å²) in [5.74, 6) is 1.12. The number of hydrogen-bond acceptors (Lipinski definition) is 6. The molecule has 10 heteroatoms. The number of carbonyl (C=O) groups is 2. The van der Waals surface area contributed by atoms with Crippen LogP contribution in [-0.4, -0.2) is 81.9 Å². The Morgan fingerprint density at radius 2 is 1.85 bits per heavy atom. The highest BCUT2D eigenvalue weighted by molar-refractivity contribution is 7.89. The van der Waals surface area contributed by atoms with E-state index in [1.54, 1.807) is 19.9 Å². The van der Waals surface area contributed by atoms with Gasteiger partial charge >= 0.3 is 0 Å². The average Bonchev–Trinajstić information content (AvgIpc) is 2.78. The van der Waals surface area contributed by atoms with Gasteiger partial charge in [-0.1, -0.05) is 27.7 Å². The number of ether oxygens (including phenoxy) is 1. The first-order chi connectivity index (χ1) is 16.1. The molecule has 1 aromatic carbocycles. The van der Waals surface area contributed by atoms with Crippen LogP contribution in [0.2, 0.25) is 0 Å². The Morgan fingerprint density at radius 1 is 1.18 bits per heavy atom. The maximum atomic E-state index is 12.9. The minimum atomic E-state index is -3.71. The second kappa shape index (κ2) is 11.5. The molecule has 2 amide bonds. The number of anilines is 1. The molecule has 1 aromatic rings. The van der Waals surface area contributed by atoms with Gasteiger partial charge in [-0.15, -0.1) is 0 Å². The Labute approximate surface area is 203 Å². The van der Waals surface area contributed by atoms with Crippen LogP contribution in [-0.2, 0) is 19.6 Å². The fourth-order valence-corrected chi connectivity index (χ4v) is 6.41. The normalized spacial score (nSPS) is 21.3. The molecule has 3 rings (SSSR count). The Balaban J connectivity index is 1.62. The highest BCUT2D eigenvalue weighted by Crippen LogP contribution is 2.34. The topological polar surface area (TPSA) is 99.3 Å². The fourth-order valence-electron chi connectivity index (χ4n) is 4.93. The van der Waals surface area contributed by atoms with Crippen LogP contribution in [0.15, 0.2) is 23.1 Å². The average molecular weight is 495 g/mol. The van der Waals surface area contributed by atoms with Crippen molar-refractivity contribution < 1.29 is 22.7 Å².